The van der Waals surface area contributed by atoms with Gasteiger partial charge in [0, 0.05) is 11.6 Å². The molecule has 1 aromatic carbocycles. The summed E-state index contributed by atoms with van der Waals surface area (Å²) in [6, 6.07) is 9.96. The van der Waals surface area contributed by atoms with Crippen molar-refractivity contribution in [3.63, 3.8) is 0 Å². The average molecular weight is 215 g/mol. The Bertz CT molecular complexity index is 387. The maximum atomic E-state index is 12.0. The van der Waals surface area contributed by atoms with Gasteiger partial charge in [-0.2, -0.15) is 0 Å². The fourth-order valence-electron chi connectivity index (χ4n) is 3.26. The molecule has 0 heterocycles. The Balaban J connectivity index is 1.65. The van der Waals surface area contributed by atoms with Crippen molar-refractivity contribution in [2.75, 3.05) is 0 Å². The number of carbonyl (C=O) groups is 1. The van der Waals surface area contributed by atoms with Crippen LogP contribution < -0.4 is 5.32 Å². The van der Waals surface area contributed by atoms with Crippen molar-refractivity contribution < 1.29 is 4.79 Å². The van der Waals surface area contributed by atoms with E-state index in [1.165, 1.54) is 25.7 Å². The molecular formula is C14H17NO. The molecule has 2 saturated carbocycles. The van der Waals surface area contributed by atoms with Gasteiger partial charge in [-0.05, 0) is 43.2 Å². The molecular weight excluding hydrogens is 198 g/mol. The number of amides is 1. The predicted octanol–water partition coefficient (Wildman–Crippen LogP) is 2.61. The molecule has 3 atom stereocenters. The monoisotopic (exact) mass is 215 g/mol. The molecule has 1 N–H and O–H groups in total. The minimum atomic E-state index is 0.0955. The Kier molecular flexibility index (Phi) is 2.43. The van der Waals surface area contributed by atoms with E-state index in [0.29, 0.717) is 6.04 Å². The molecule has 1 amide bonds. The number of rotatable bonds is 2. The number of hydrogen-bond acceptors (Lipinski definition) is 1. The first-order chi connectivity index (χ1) is 7.83. The topological polar surface area (TPSA) is 29.1 Å². The quantitative estimate of drug-likeness (QED) is 0.807. The Morgan fingerprint density at radius 3 is 2.56 bits per heavy atom. The van der Waals surface area contributed by atoms with E-state index < -0.39 is 0 Å². The van der Waals surface area contributed by atoms with Crippen molar-refractivity contribution in [1.29, 1.82) is 0 Å². The molecule has 0 aromatic heterocycles. The molecule has 2 fully saturated rings. The smallest absolute Gasteiger partial charge is 0.251 e. The highest BCUT2D eigenvalue weighted by Crippen LogP contribution is 2.44. The summed E-state index contributed by atoms with van der Waals surface area (Å²) in [5.74, 6) is 1.72. The van der Waals surface area contributed by atoms with Crippen LogP contribution in [0.4, 0.5) is 0 Å². The van der Waals surface area contributed by atoms with Crippen LogP contribution in [0.1, 0.15) is 36.0 Å². The lowest BCUT2D eigenvalue weighted by molar-refractivity contribution is 0.0923. The maximum Gasteiger partial charge on any atom is 0.251 e. The number of hydrogen-bond donors (Lipinski definition) is 1. The van der Waals surface area contributed by atoms with Gasteiger partial charge in [0.05, 0.1) is 0 Å². The van der Waals surface area contributed by atoms with E-state index in [1.807, 2.05) is 30.3 Å². The van der Waals surface area contributed by atoms with Crippen molar-refractivity contribution >= 4 is 5.91 Å². The standard InChI is InChI=1S/C14H17NO/c16-14(11-4-2-1-3-5-11)15-13-9-10-6-7-12(13)8-10/h1-5,10,12-13H,6-9H2,(H,15,16)/t10-,12+,13?/m1/s1. The van der Waals surface area contributed by atoms with Gasteiger partial charge in [0.2, 0.25) is 0 Å². The lowest BCUT2D eigenvalue weighted by Gasteiger charge is -2.22. The summed E-state index contributed by atoms with van der Waals surface area (Å²) in [5.41, 5.74) is 0.783. The van der Waals surface area contributed by atoms with Crippen LogP contribution >= 0.6 is 0 Å². The lowest BCUT2D eigenvalue weighted by Crippen LogP contribution is -2.38. The van der Waals surface area contributed by atoms with Crippen LogP contribution in [0.5, 0.6) is 0 Å². The molecule has 2 aliphatic rings. The van der Waals surface area contributed by atoms with Crippen molar-refractivity contribution in [3.05, 3.63) is 35.9 Å². The van der Waals surface area contributed by atoms with Gasteiger partial charge in [-0.15, -0.1) is 0 Å². The molecule has 2 nitrogen and oxygen atoms in total. The molecule has 0 spiro atoms. The first-order valence-electron chi connectivity index (χ1n) is 6.19. The van der Waals surface area contributed by atoms with E-state index in [0.717, 1.165) is 17.4 Å². The molecule has 2 heteroatoms. The second-order valence-corrected chi connectivity index (χ2v) is 5.12. The molecule has 0 radical (unpaired) electrons. The predicted molar refractivity (Wildman–Crippen MR) is 63.1 cm³/mol. The number of nitrogens with one attached hydrogen (secondary N) is 1. The second-order valence-electron chi connectivity index (χ2n) is 5.12. The van der Waals surface area contributed by atoms with Crippen LogP contribution in [0.15, 0.2) is 30.3 Å². The highest BCUT2D eigenvalue weighted by molar-refractivity contribution is 5.94. The van der Waals surface area contributed by atoms with Crippen LogP contribution in [0.2, 0.25) is 0 Å². The van der Waals surface area contributed by atoms with E-state index in [4.69, 9.17) is 0 Å². The van der Waals surface area contributed by atoms with Gasteiger partial charge in [-0.1, -0.05) is 24.6 Å². The van der Waals surface area contributed by atoms with Gasteiger partial charge >= 0.3 is 0 Å². The average Bonchev–Trinajstić information content (AvgIpc) is 2.92. The summed E-state index contributed by atoms with van der Waals surface area (Å²) in [6.07, 6.45) is 5.22. The normalized spacial score (nSPS) is 31.6. The fourth-order valence-corrected chi connectivity index (χ4v) is 3.26. The molecule has 2 bridgehead atoms. The van der Waals surface area contributed by atoms with Gasteiger partial charge < -0.3 is 5.32 Å². The fraction of sp³-hybridized carbons (Fsp3) is 0.500. The van der Waals surface area contributed by atoms with Crippen molar-refractivity contribution in [2.45, 2.75) is 31.7 Å². The summed E-state index contributed by atoms with van der Waals surface area (Å²) >= 11 is 0. The summed E-state index contributed by atoms with van der Waals surface area (Å²) in [4.78, 5) is 12.0. The second kappa shape index (κ2) is 3.93. The Hall–Kier alpha value is -1.31. The molecule has 0 saturated heterocycles. The van der Waals surface area contributed by atoms with Gasteiger partial charge in [0.15, 0.2) is 0 Å². The molecule has 0 aliphatic heterocycles. The Morgan fingerprint density at radius 1 is 1.12 bits per heavy atom. The van der Waals surface area contributed by atoms with Crippen LogP contribution in [0.3, 0.4) is 0 Å². The summed E-state index contributed by atoms with van der Waals surface area (Å²) in [5, 5.41) is 3.19. The van der Waals surface area contributed by atoms with Gasteiger partial charge in [-0.3, -0.25) is 4.79 Å². The van der Waals surface area contributed by atoms with Crippen molar-refractivity contribution in [2.24, 2.45) is 11.8 Å². The van der Waals surface area contributed by atoms with E-state index in [-0.39, 0.29) is 5.91 Å². The highest BCUT2D eigenvalue weighted by atomic mass is 16.1. The third kappa shape index (κ3) is 1.73. The Morgan fingerprint density at radius 2 is 1.94 bits per heavy atom. The lowest BCUT2D eigenvalue weighted by atomic mass is 9.95. The van der Waals surface area contributed by atoms with E-state index in [9.17, 15) is 4.79 Å². The van der Waals surface area contributed by atoms with E-state index in [2.05, 4.69) is 5.32 Å². The van der Waals surface area contributed by atoms with Crippen LogP contribution in [-0.4, -0.2) is 11.9 Å². The molecule has 2 aliphatic carbocycles. The van der Waals surface area contributed by atoms with Gasteiger partial charge in [0.25, 0.3) is 5.91 Å². The zero-order chi connectivity index (χ0) is 11.0. The molecule has 16 heavy (non-hydrogen) atoms. The molecule has 3 rings (SSSR count). The van der Waals surface area contributed by atoms with Crippen LogP contribution in [-0.2, 0) is 0 Å². The van der Waals surface area contributed by atoms with Crippen molar-refractivity contribution in [3.8, 4) is 0 Å². The van der Waals surface area contributed by atoms with E-state index >= 15 is 0 Å². The summed E-state index contributed by atoms with van der Waals surface area (Å²) in [7, 11) is 0. The zero-order valence-electron chi connectivity index (χ0n) is 9.36. The SMILES string of the molecule is O=C(NC1C[C@@H]2CC[C@H]1C2)c1ccccc1. The molecule has 1 aromatic rings. The third-order valence-electron chi connectivity index (χ3n) is 4.09. The first kappa shape index (κ1) is 9.88. The van der Waals surface area contributed by atoms with Gasteiger partial charge in [0.1, 0.15) is 0 Å². The molecule has 84 valence electrons. The van der Waals surface area contributed by atoms with Crippen LogP contribution in [0.25, 0.3) is 0 Å². The largest absolute Gasteiger partial charge is 0.349 e. The van der Waals surface area contributed by atoms with Gasteiger partial charge in [-0.25, -0.2) is 0 Å². The maximum absolute atomic E-state index is 12.0. The minimum Gasteiger partial charge on any atom is -0.349 e. The minimum absolute atomic E-state index is 0.0955. The highest BCUT2D eigenvalue weighted by Gasteiger charge is 2.40. The van der Waals surface area contributed by atoms with Crippen LogP contribution in [0, 0.1) is 11.8 Å². The number of fused-ring (bicyclic) bond motifs is 2. The molecule has 1 unspecified atom stereocenters. The first-order valence-corrected chi connectivity index (χ1v) is 6.19. The third-order valence-corrected chi connectivity index (χ3v) is 4.09. The zero-order valence-corrected chi connectivity index (χ0v) is 9.36. The summed E-state index contributed by atoms with van der Waals surface area (Å²) < 4.78 is 0. The summed E-state index contributed by atoms with van der Waals surface area (Å²) in [6.45, 7) is 0. The number of benzene rings is 1. The number of carbonyl (C=O) groups excluding carboxylic acids is 1. The van der Waals surface area contributed by atoms with Crippen molar-refractivity contribution in [1.82, 2.24) is 5.32 Å². The Labute approximate surface area is 96.1 Å². The van der Waals surface area contributed by atoms with E-state index in [1.54, 1.807) is 0 Å².